The minimum atomic E-state index is -2.67. The van der Waals surface area contributed by atoms with Crippen molar-refractivity contribution < 1.29 is 22.1 Å². The molecule has 0 radical (unpaired) electrons. The van der Waals surface area contributed by atoms with Gasteiger partial charge < -0.3 is 22.1 Å². The normalized spacial score (nSPS) is 11.6. The van der Waals surface area contributed by atoms with Crippen LogP contribution in [0.15, 0.2) is 91.0 Å². The molecule has 0 saturated carbocycles. The summed E-state index contributed by atoms with van der Waals surface area (Å²) in [5.74, 6) is 0. The van der Waals surface area contributed by atoms with E-state index in [4.69, 9.17) is 22.1 Å². The second-order valence-corrected chi connectivity index (χ2v) is 13.0. The fraction of sp³-hybridized carbons (Fsp3) is 0.357. The molecule has 3 aromatic rings. The lowest BCUT2D eigenvalue weighted by Gasteiger charge is -2.30. The average molecular weight is 513 g/mol. The van der Waals surface area contributed by atoms with Crippen LogP contribution < -0.4 is 15.6 Å². The van der Waals surface area contributed by atoms with Crippen molar-refractivity contribution in [3.63, 3.8) is 0 Å². The molecule has 0 aliphatic rings. The third kappa shape index (κ3) is 7.95. The van der Waals surface area contributed by atoms with Crippen molar-refractivity contribution in [3.8, 4) is 0 Å². The maximum absolute atomic E-state index is 6.16. The van der Waals surface area contributed by atoms with Gasteiger partial charge in [0.25, 0.3) is 0 Å². The van der Waals surface area contributed by atoms with Gasteiger partial charge in [-0.15, -0.1) is 0 Å². The quantitative estimate of drug-likeness (QED) is 0.320. The third-order valence-corrected chi connectivity index (χ3v) is 11.8. The smallest absolute Gasteiger partial charge is 0.388 e. The molecule has 0 atom stereocenters. The van der Waals surface area contributed by atoms with E-state index in [1.165, 1.54) is 0 Å². The van der Waals surface area contributed by atoms with Gasteiger partial charge in [0.15, 0.2) is 0 Å². The Morgan fingerprint density at radius 1 is 0.400 bits per heavy atom. The highest BCUT2D eigenvalue weighted by molar-refractivity contribution is 6.92. The van der Waals surface area contributed by atoms with Crippen molar-refractivity contribution in [3.05, 3.63) is 91.0 Å². The van der Waals surface area contributed by atoms with Gasteiger partial charge in [0.05, 0.1) is 0 Å². The summed E-state index contributed by atoms with van der Waals surface area (Å²) in [4.78, 5) is 0. The van der Waals surface area contributed by atoms with Gasteiger partial charge in [-0.3, -0.25) is 0 Å². The topological polar surface area (TPSA) is 46.2 Å². The number of hydrogen-bond donors (Lipinski definition) is 0. The van der Waals surface area contributed by atoms with Gasteiger partial charge in [-0.25, -0.2) is 0 Å². The van der Waals surface area contributed by atoms with Crippen molar-refractivity contribution in [1.29, 1.82) is 0 Å². The molecule has 0 fully saturated rings. The van der Waals surface area contributed by atoms with E-state index in [2.05, 4.69) is 24.3 Å². The van der Waals surface area contributed by atoms with Crippen LogP contribution in [0.4, 0.5) is 0 Å². The van der Waals surface area contributed by atoms with E-state index in [0.29, 0.717) is 33.0 Å². The van der Waals surface area contributed by atoms with Crippen LogP contribution in [0.2, 0.25) is 0 Å². The van der Waals surface area contributed by atoms with Crippen molar-refractivity contribution >= 4 is 32.9 Å². The second kappa shape index (κ2) is 15.8. The summed E-state index contributed by atoms with van der Waals surface area (Å²) >= 11 is 0. The highest BCUT2D eigenvalue weighted by Gasteiger charge is 2.43. The van der Waals surface area contributed by atoms with Crippen LogP contribution in [0, 0.1) is 0 Å². The first-order valence-electron chi connectivity index (χ1n) is 12.5. The summed E-state index contributed by atoms with van der Waals surface area (Å²) in [7, 11) is -5.22. The maximum Gasteiger partial charge on any atom is 0.537 e. The maximum atomic E-state index is 6.16. The zero-order valence-electron chi connectivity index (χ0n) is 21.7. The molecular formula is C28H40O5Si2. The van der Waals surface area contributed by atoms with E-state index in [9.17, 15) is 0 Å². The summed E-state index contributed by atoms with van der Waals surface area (Å²) in [6.07, 6.45) is 0. The van der Waals surface area contributed by atoms with Gasteiger partial charge in [0, 0.05) is 38.2 Å². The SMILES string of the molecule is CCO[Si](OCC)(OCC)c1ccccc1.CCO[Si](OCC)(c1ccccc1)c1ccccc1. The van der Waals surface area contributed by atoms with Crippen molar-refractivity contribution in [2.75, 3.05) is 33.0 Å². The van der Waals surface area contributed by atoms with Crippen molar-refractivity contribution in [1.82, 2.24) is 0 Å². The molecule has 0 N–H and O–H groups in total. The van der Waals surface area contributed by atoms with Gasteiger partial charge >= 0.3 is 17.4 Å². The molecule has 0 aliphatic heterocycles. The van der Waals surface area contributed by atoms with Gasteiger partial charge in [-0.1, -0.05) is 91.0 Å². The largest absolute Gasteiger partial charge is 0.537 e. The van der Waals surface area contributed by atoms with Crippen LogP contribution in [0.5, 0.6) is 0 Å². The second-order valence-electron chi connectivity index (χ2n) is 7.44. The van der Waals surface area contributed by atoms with Crippen LogP contribution >= 0.6 is 0 Å². The zero-order chi connectivity index (χ0) is 25.4. The third-order valence-electron chi connectivity index (χ3n) is 5.13. The molecule has 0 aliphatic carbocycles. The van der Waals surface area contributed by atoms with Crippen molar-refractivity contribution in [2.24, 2.45) is 0 Å². The van der Waals surface area contributed by atoms with Crippen LogP contribution in [-0.4, -0.2) is 50.4 Å². The highest BCUT2D eigenvalue weighted by Crippen LogP contribution is 2.11. The predicted molar refractivity (Wildman–Crippen MR) is 148 cm³/mol. The molecule has 7 heteroatoms. The molecule has 0 saturated heterocycles. The molecule has 35 heavy (non-hydrogen) atoms. The van der Waals surface area contributed by atoms with Gasteiger partial charge in [-0.05, 0) is 45.0 Å². The van der Waals surface area contributed by atoms with Gasteiger partial charge in [0.2, 0.25) is 0 Å². The molecule has 0 aromatic heterocycles. The van der Waals surface area contributed by atoms with E-state index in [1.807, 2.05) is 101 Å². The summed E-state index contributed by atoms with van der Waals surface area (Å²) in [6, 6.07) is 30.6. The van der Waals surface area contributed by atoms with E-state index >= 15 is 0 Å². The average Bonchev–Trinajstić information content (AvgIpc) is 2.91. The zero-order valence-corrected chi connectivity index (χ0v) is 23.7. The van der Waals surface area contributed by atoms with E-state index < -0.39 is 17.4 Å². The summed E-state index contributed by atoms with van der Waals surface area (Å²) in [6.45, 7) is 13.0. The summed E-state index contributed by atoms with van der Waals surface area (Å²) < 4.78 is 29.7. The first-order valence-corrected chi connectivity index (χ1v) is 16.0. The molecule has 0 spiro atoms. The van der Waals surface area contributed by atoms with Crippen LogP contribution in [0.1, 0.15) is 34.6 Å². The minimum absolute atomic E-state index is 0.598. The van der Waals surface area contributed by atoms with E-state index in [1.54, 1.807) is 0 Å². The van der Waals surface area contributed by atoms with Gasteiger partial charge in [-0.2, -0.15) is 0 Å². The monoisotopic (exact) mass is 512 g/mol. The fourth-order valence-corrected chi connectivity index (χ4v) is 9.50. The number of rotatable bonds is 13. The highest BCUT2D eigenvalue weighted by atomic mass is 28.4. The van der Waals surface area contributed by atoms with Gasteiger partial charge in [0.1, 0.15) is 0 Å². The van der Waals surface area contributed by atoms with Crippen LogP contribution in [0.25, 0.3) is 0 Å². The molecular weight excluding hydrogens is 472 g/mol. The summed E-state index contributed by atoms with van der Waals surface area (Å²) in [5.41, 5.74) is 0. The van der Waals surface area contributed by atoms with Crippen LogP contribution in [-0.2, 0) is 22.1 Å². The Balaban J connectivity index is 0.000000251. The Morgan fingerprint density at radius 2 is 0.686 bits per heavy atom. The lowest BCUT2D eigenvalue weighted by molar-refractivity contribution is 0.0859. The lowest BCUT2D eigenvalue weighted by Crippen LogP contribution is -2.63. The Kier molecular flexibility index (Phi) is 13.1. The molecule has 0 bridgehead atoms. The molecule has 3 rings (SSSR count). The molecule has 0 amide bonds. The first-order chi connectivity index (χ1) is 17.1. The fourth-order valence-electron chi connectivity index (χ4n) is 3.85. The lowest BCUT2D eigenvalue weighted by atomic mass is 10.4. The first kappa shape index (κ1) is 29.1. The number of hydrogen-bond acceptors (Lipinski definition) is 5. The molecule has 5 nitrogen and oxygen atoms in total. The molecule has 3 aromatic carbocycles. The predicted octanol–water partition coefficient (Wildman–Crippen LogP) is 4.26. The van der Waals surface area contributed by atoms with Crippen LogP contribution in [0.3, 0.4) is 0 Å². The molecule has 0 heterocycles. The Bertz CT molecular complexity index is 861. The van der Waals surface area contributed by atoms with Crippen molar-refractivity contribution in [2.45, 2.75) is 34.6 Å². The Labute approximate surface area is 213 Å². The Morgan fingerprint density at radius 3 is 0.971 bits per heavy atom. The Hall–Kier alpha value is -2.11. The molecule has 190 valence electrons. The number of benzene rings is 3. The van der Waals surface area contributed by atoms with E-state index in [-0.39, 0.29) is 0 Å². The standard InChI is InChI=1S/C16H20O2Si.C12H20O3Si/c1-3-17-19(18-4-2,15-11-7-5-8-12-15)16-13-9-6-10-14-16;1-4-13-16(14-5-2,15-6-3)12-10-8-7-9-11-12/h5-14H,3-4H2,1-2H3;7-11H,4-6H2,1-3H3. The molecule has 0 unspecified atom stereocenters. The van der Waals surface area contributed by atoms with E-state index in [0.717, 1.165) is 15.6 Å². The minimum Gasteiger partial charge on any atom is -0.388 e. The summed E-state index contributed by atoms with van der Waals surface area (Å²) in [5, 5.41) is 3.34.